The molecule has 144 valence electrons. The third-order valence-electron chi connectivity index (χ3n) is 2.98. The Morgan fingerprint density at radius 3 is 0.833 bits per heavy atom. The predicted octanol–water partition coefficient (Wildman–Crippen LogP) is 4.95. The van der Waals surface area contributed by atoms with Crippen LogP contribution in [-0.2, 0) is 14.4 Å². The van der Waals surface area contributed by atoms with Crippen molar-refractivity contribution in [3.05, 3.63) is 0 Å². The van der Waals surface area contributed by atoms with E-state index in [9.17, 15) is 14.4 Å². The van der Waals surface area contributed by atoms with Crippen LogP contribution < -0.4 is 0 Å². The van der Waals surface area contributed by atoms with Gasteiger partial charge in [-0.05, 0) is 19.3 Å². The van der Waals surface area contributed by atoms with Crippen molar-refractivity contribution in [2.24, 2.45) is 0 Å². The zero-order valence-corrected chi connectivity index (χ0v) is 15.6. The molecular weight excluding hydrogens is 312 g/mol. The van der Waals surface area contributed by atoms with E-state index in [0.29, 0.717) is 19.3 Å². The number of aliphatic carboxylic acids is 3. The van der Waals surface area contributed by atoms with E-state index in [1.54, 1.807) is 0 Å². The highest BCUT2D eigenvalue weighted by Gasteiger charge is 1.94. The lowest BCUT2D eigenvalue weighted by Crippen LogP contribution is -1.92. The lowest BCUT2D eigenvalue weighted by molar-refractivity contribution is -0.138. The lowest BCUT2D eigenvalue weighted by atomic mass is 10.2. The number of hydrogen-bond donors (Lipinski definition) is 3. The minimum absolute atomic E-state index is 0.327. The number of carbonyl (C=O) groups is 3. The summed E-state index contributed by atoms with van der Waals surface area (Å²) in [6.45, 7) is 6.17. The van der Waals surface area contributed by atoms with Crippen molar-refractivity contribution in [3.8, 4) is 0 Å². The van der Waals surface area contributed by atoms with Crippen LogP contribution in [0.4, 0.5) is 0 Å². The van der Waals surface area contributed by atoms with Crippen molar-refractivity contribution >= 4 is 17.9 Å². The summed E-state index contributed by atoms with van der Waals surface area (Å²) >= 11 is 0. The lowest BCUT2D eigenvalue weighted by Gasteiger charge is -1.89. The zero-order chi connectivity index (χ0) is 19.2. The molecule has 3 N–H and O–H groups in total. The number of hydrogen-bond acceptors (Lipinski definition) is 3. The summed E-state index contributed by atoms with van der Waals surface area (Å²) in [4.78, 5) is 29.6. The van der Waals surface area contributed by atoms with Crippen LogP contribution in [0.5, 0.6) is 0 Å². The van der Waals surface area contributed by atoms with Crippen LogP contribution in [0.2, 0.25) is 0 Å². The molecule has 0 aromatic rings. The molecule has 0 heterocycles. The minimum Gasteiger partial charge on any atom is -0.481 e. The van der Waals surface area contributed by atoms with Gasteiger partial charge in [0.05, 0.1) is 0 Å². The highest BCUT2D eigenvalue weighted by atomic mass is 16.4. The van der Waals surface area contributed by atoms with Crippen LogP contribution in [0.3, 0.4) is 0 Å². The monoisotopic (exact) mass is 348 g/mol. The molecule has 0 spiro atoms. The maximum Gasteiger partial charge on any atom is 0.303 e. The Bertz CT molecular complexity index is 254. The van der Waals surface area contributed by atoms with Gasteiger partial charge in [0, 0.05) is 19.3 Å². The van der Waals surface area contributed by atoms with Gasteiger partial charge in [-0.1, -0.05) is 59.3 Å². The Labute approximate surface area is 146 Å². The van der Waals surface area contributed by atoms with Crippen molar-refractivity contribution in [1.82, 2.24) is 0 Å². The first-order valence-electron chi connectivity index (χ1n) is 8.97. The Kier molecular flexibility index (Phi) is 26.9. The van der Waals surface area contributed by atoms with Crippen LogP contribution in [0.25, 0.3) is 0 Å². The molecular formula is C18H36O6. The fourth-order valence-corrected chi connectivity index (χ4v) is 1.58. The van der Waals surface area contributed by atoms with Gasteiger partial charge in [-0.3, -0.25) is 14.4 Å². The van der Waals surface area contributed by atoms with E-state index in [4.69, 9.17) is 15.3 Å². The van der Waals surface area contributed by atoms with E-state index in [0.717, 1.165) is 57.8 Å². The van der Waals surface area contributed by atoms with Gasteiger partial charge in [0.1, 0.15) is 0 Å². The Balaban J connectivity index is -0.000000276. The largest absolute Gasteiger partial charge is 0.481 e. The van der Waals surface area contributed by atoms with Crippen LogP contribution >= 0.6 is 0 Å². The summed E-state index contributed by atoms with van der Waals surface area (Å²) in [6, 6.07) is 0. The van der Waals surface area contributed by atoms with E-state index in [-0.39, 0.29) is 0 Å². The minimum atomic E-state index is -0.682. The molecule has 0 saturated heterocycles. The van der Waals surface area contributed by atoms with Gasteiger partial charge in [0.25, 0.3) is 0 Å². The fraction of sp³-hybridized carbons (Fsp3) is 0.833. The quantitative estimate of drug-likeness (QED) is 0.430. The summed E-state index contributed by atoms with van der Waals surface area (Å²) in [7, 11) is 0. The molecule has 24 heavy (non-hydrogen) atoms. The van der Waals surface area contributed by atoms with Crippen LogP contribution in [0.15, 0.2) is 0 Å². The first-order valence-corrected chi connectivity index (χ1v) is 8.97. The summed E-state index contributed by atoms with van der Waals surface area (Å²) in [6.07, 6.45) is 9.83. The number of unbranched alkanes of at least 4 members (excludes halogenated alkanes) is 6. The second kappa shape index (κ2) is 23.7. The normalized spacial score (nSPS) is 9.12. The SMILES string of the molecule is CCCCCC(=O)O.CCCCCC(=O)O.CCCCCC(=O)O. The van der Waals surface area contributed by atoms with Crippen molar-refractivity contribution in [2.75, 3.05) is 0 Å². The van der Waals surface area contributed by atoms with E-state index in [2.05, 4.69) is 20.8 Å². The summed E-state index contributed by atoms with van der Waals surface area (Å²) in [5.41, 5.74) is 0. The summed E-state index contributed by atoms with van der Waals surface area (Å²) < 4.78 is 0. The molecule has 0 aromatic heterocycles. The first-order chi connectivity index (χ1) is 11.3. The molecule has 6 nitrogen and oxygen atoms in total. The second-order valence-electron chi connectivity index (χ2n) is 5.55. The highest BCUT2D eigenvalue weighted by molar-refractivity contribution is 5.67. The van der Waals surface area contributed by atoms with Gasteiger partial charge < -0.3 is 15.3 Å². The van der Waals surface area contributed by atoms with Crippen molar-refractivity contribution in [2.45, 2.75) is 97.8 Å². The van der Waals surface area contributed by atoms with Gasteiger partial charge in [-0.15, -0.1) is 0 Å². The van der Waals surface area contributed by atoms with E-state index in [1.165, 1.54) is 0 Å². The van der Waals surface area contributed by atoms with Gasteiger partial charge in [0.2, 0.25) is 0 Å². The van der Waals surface area contributed by atoms with Crippen molar-refractivity contribution in [3.63, 3.8) is 0 Å². The number of carboxylic acids is 3. The molecule has 0 rings (SSSR count). The third kappa shape index (κ3) is 42.8. The Morgan fingerprint density at radius 1 is 0.500 bits per heavy atom. The van der Waals surface area contributed by atoms with Crippen molar-refractivity contribution in [1.29, 1.82) is 0 Å². The van der Waals surface area contributed by atoms with Gasteiger partial charge in [-0.2, -0.15) is 0 Å². The first kappa shape index (κ1) is 27.3. The molecule has 0 aromatic carbocycles. The molecule has 0 fully saturated rings. The third-order valence-corrected chi connectivity index (χ3v) is 2.98. The molecule has 6 heteroatoms. The number of carboxylic acid groups (broad SMARTS) is 3. The van der Waals surface area contributed by atoms with E-state index < -0.39 is 17.9 Å². The predicted molar refractivity (Wildman–Crippen MR) is 95.3 cm³/mol. The summed E-state index contributed by atoms with van der Waals surface area (Å²) in [5, 5.41) is 24.4. The smallest absolute Gasteiger partial charge is 0.303 e. The molecule has 0 atom stereocenters. The van der Waals surface area contributed by atoms with Gasteiger partial charge in [0.15, 0.2) is 0 Å². The molecule has 0 amide bonds. The van der Waals surface area contributed by atoms with E-state index in [1.807, 2.05) is 0 Å². The molecule has 0 bridgehead atoms. The van der Waals surface area contributed by atoms with E-state index >= 15 is 0 Å². The molecule has 0 aliphatic rings. The van der Waals surface area contributed by atoms with Crippen LogP contribution in [-0.4, -0.2) is 33.2 Å². The average Bonchev–Trinajstić information content (AvgIpc) is 2.48. The maximum atomic E-state index is 9.87. The fourth-order valence-electron chi connectivity index (χ4n) is 1.58. The summed E-state index contributed by atoms with van der Waals surface area (Å²) in [5.74, 6) is -2.05. The Hall–Kier alpha value is -1.59. The van der Waals surface area contributed by atoms with Gasteiger partial charge in [-0.25, -0.2) is 0 Å². The maximum absolute atomic E-state index is 9.87. The highest BCUT2D eigenvalue weighted by Crippen LogP contribution is 1.98. The topological polar surface area (TPSA) is 112 Å². The standard InChI is InChI=1S/3C6H12O2/c3*1-2-3-4-5-6(7)8/h3*2-5H2,1H3,(H,7,8). The molecule has 0 radical (unpaired) electrons. The van der Waals surface area contributed by atoms with Crippen LogP contribution in [0, 0.1) is 0 Å². The zero-order valence-electron chi connectivity index (χ0n) is 15.6. The average molecular weight is 348 g/mol. The molecule has 0 saturated carbocycles. The number of rotatable bonds is 12. The molecule has 0 aliphatic heterocycles. The Morgan fingerprint density at radius 2 is 0.708 bits per heavy atom. The van der Waals surface area contributed by atoms with Crippen LogP contribution in [0.1, 0.15) is 97.8 Å². The van der Waals surface area contributed by atoms with Crippen molar-refractivity contribution < 1.29 is 29.7 Å². The molecule has 0 aliphatic carbocycles. The molecule has 0 unspecified atom stereocenters. The second-order valence-corrected chi connectivity index (χ2v) is 5.55. The van der Waals surface area contributed by atoms with Gasteiger partial charge >= 0.3 is 17.9 Å².